The van der Waals surface area contributed by atoms with Gasteiger partial charge < -0.3 is 0 Å². The number of rotatable bonds is 3. The molecule has 0 unspecified atom stereocenters. The van der Waals surface area contributed by atoms with Gasteiger partial charge in [0.15, 0.2) is 5.69 Å². The minimum absolute atomic E-state index is 0.0596. The summed E-state index contributed by atoms with van der Waals surface area (Å²) >= 11 is 0. The number of hydrogen-bond acceptors (Lipinski definition) is 6. The number of aromatic nitrogens is 2. The Bertz CT molecular complexity index is 663. The largest absolute Gasteiger partial charge is 0.287 e. The number of carbonyl (C=O) groups excluding carboxylic acids is 1. The van der Waals surface area contributed by atoms with Crippen LogP contribution in [0.4, 0.5) is 0 Å². The van der Waals surface area contributed by atoms with Crippen LogP contribution in [0.1, 0.15) is 6.92 Å². The first-order chi connectivity index (χ1) is 8.50. The van der Waals surface area contributed by atoms with Crippen molar-refractivity contribution in [2.45, 2.75) is 11.9 Å². The Kier molecular flexibility index (Phi) is 3.11. The molecule has 0 atom stereocenters. The molecular formula is C10H9N3O4S. The SMILES string of the molecule is CC(=O)NS(=O)(=O)c1nonc1-c1ccccc1. The molecule has 94 valence electrons. The Hall–Kier alpha value is -2.22. The second kappa shape index (κ2) is 4.57. The van der Waals surface area contributed by atoms with Gasteiger partial charge in [-0.25, -0.2) is 9.35 Å². The summed E-state index contributed by atoms with van der Waals surface area (Å²) < 4.78 is 29.8. The zero-order chi connectivity index (χ0) is 13.2. The summed E-state index contributed by atoms with van der Waals surface area (Å²) in [7, 11) is -4.06. The maximum absolute atomic E-state index is 11.8. The monoisotopic (exact) mass is 267 g/mol. The smallest absolute Gasteiger partial charge is 0.274 e. The van der Waals surface area contributed by atoms with Gasteiger partial charge in [-0.05, 0) is 10.3 Å². The third-order valence-electron chi connectivity index (χ3n) is 2.04. The van der Waals surface area contributed by atoms with E-state index in [1.807, 2.05) is 0 Å². The standard InChI is InChI=1S/C10H9N3O4S/c1-7(14)13-18(15,16)10-9(11-17-12-10)8-5-3-2-4-6-8/h2-6H,1H3,(H,13,14). The molecule has 0 aliphatic carbocycles. The van der Waals surface area contributed by atoms with Crippen LogP contribution < -0.4 is 4.72 Å². The van der Waals surface area contributed by atoms with Crippen molar-refractivity contribution >= 4 is 15.9 Å². The van der Waals surface area contributed by atoms with Crippen molar-refractivity contribution in [1.29, 1.82) is 0 Å². The molecule has 8 heteroatoms. The second-order valence-electron chi connectivity index (χ2n) is 3.45. The molecule has 1 aromatic heterocycles. The minimum atomic E-state index is -4.06. The molecule has 1 heterocycles. The van der Waals surface area contributed by atoms with E-state index in [9.17, 15) is 13.2 Å². The van der Waals surface area contributed by atoms with E-state index < -0.39 is 21.0 Å². The van der Waals surface area contributed by atoms with Gasteiger partial charge in [-0.3, -0.25) is 4.79 Å². The molecule has 1 aromatic carbocycles. The fourth-order valence-corrected chi connectivity index (χ4v) is 2.38. The second-order valence-corrected chi connectivity index (χ2v) is 5.04. The van der Waals surface area contributed by atoms with Gasteiger partial charge in [0.05, 0.1) is 0 Å². The molecule has 2 aromatic rings. The van der Waals surface area contributed by atoms with Crippen molar-refractivity contribution in [2.75, 3.05) is 0 Å². The van der Waals surface area contributed by atoms with Crippen LogP contribution >= 0.6 is 0 Å². The van der Waals surface area contributed by atoms with Crippen molar-refractivity contribution in [3.05, 3.63) is 30.3 Å². The van der Waals surface area contributed by atoms with E-state index >= 15 is 0 Å². The quantitative estimate of drug-likeness (QED) is 0.871. The lowest BCUT2D eigenvalue weighted by Crippen LogP contribution is -2.28. The molecular weight excluding hydrogens is 258 g/mol. The first-order valence-corrected chi connectivity index (χ1v) is 6.40. The Morgan fingerprint density at radius 3 is 2.50 bits per heavy atom. The van der Waals surface area contributed by atoms with Crippen LogP contribution in [0.15, 0.2) is 40.0 Å². The molecule has 0 spiro atoms. The van der Waals surface area contributed by atoms with E-state index in [1.54, 1.807) is 35.1 Å². The number of amides is 1. The zero-order valence-electron chi connectivity index (χ0n) is 9.32. The first-order valence-electron chi connectivity index (χ1n) is 4.92. The summed E-state index contributed by atoms with van der Waals surface area (Å²) in [5, 5.41) is 6.46. The third-order valence-corrected chi connectivity index (χ3v) is 3.37. The maximum atomic E-state index is 11.8. The summed E-state index contributed by atoms with van der Waals surface area (Å²) in [6.45, 7) is 1.09. The van der Waals surface area contributed by atoms with Crippen LogP contribution in [0.3, 0.4) is 0 Å². The van der Waals surface area contributed by atoms with Gasteiger partial charge in [0.25, 0.3) is 10.0 Å². The molecule has 0 saturated carbocycles. The van der Waals surface area contributed by atoms with Crippen molar-refractivity contribution in [3.8, 4) is 11.3 Å². The fraction of sp³-hybridized carbons (Fsp3) is 0.100. The van der Waals surface area contributed by atoms with Gasteiger partial charge in [0.2, 0.25) is 10.9 Å². The molecule has 2 rings (SSSR count). The Labute approximate surface area is 103 Å². The van der Waals surface area contributed by atoms with Crippen LogP contribution in [-0.4, -0.2) is 24.6 Å². The van der Waals surface area contributed by atoms with Crippen LogP contribution in [0.2, 0.25) is 0 Å². The molecule has 0 saturated heterocycles. The van der Waals surface area contributed by atoms with E-state index in [-0.39, 0.29) is 5.69 Å². The predicted molar refractivity (Wildman–Crippen MR) is 60.7 cm³/mol. The highest BCUT2D eigenvalue weighted by molar-refractivity contribution is 7.90. The lowest BCUT2D eigenvalue weighted by Gasteiger charge is -2.01. The van der Waals surface area contributed by atoms with E-state index in [0.29, 0.717) is 5.56 Å². The lowest BCUT2D eigenvalue weighted by molar-refractivity contribution is -0.117. The van der Waals surface area contributed by atoms with Gasteiger partial charge in [0.1, 0.15) is 0 Å². The van der Waals surface area contributed by atoms with Gasteiger partial charge in [-0.15, -0.1) is 0 Å². The van der Waals surface area contributed by atoms with Gasteiger partial charge in [-0.1, -0.05) is 30.3 Å². The summed E-state index contributed by atoms with van der Waals surface area (Å²) in [5.41, 5.74) is 0.590. The topological polar surface area (TPSA) is 102 Å². The molecule has 0 aliphatic heterocycles. The lowest BCUT2D eigenvalue weighted by atomic mass is 10.2. The van der Waals surface area contributed by atoms with Crippen molar-refractivity contribution in [2.24, 2.45) is 0 Å². The van der Waals surface area contributed by atoms with Crippen LogP contribution in [0.5, 0.6) is 0 Å². The number of sulfonamides is 1. The Balaban J connectivity index is 2.50. The van der Waals surface area contributed by atoms with Crippen molar-refractivity contribution in [3.63, 3.8) is 0 Å². The van der Waals surface area contributed by atoms with Crippen molar-refractivity contribution < 1.29 is 17.8 Å². The average molecular weight is 267 g/mol. The Morgan fingerprint density at radius 1 is 1.22 bits per heavy atom. The van der Waals surface area contributed by atoms with Crippen molar-refractivity contribution in [1.82, 2.24) is 15.0 Å². The molecule has 0 radical (unpaired) electrons. The van der Waals surface area contributed by atoms with E-state index in [1.165, 1.54) is 0 Å². The molecule has 0 aliphatic rings. The Morgan fingerprint density at radius 2 is 1.89 bits per heavy atom. The average Bonchev–Trinajstić information content (AvgIpc) is 2.78. The number of nitrogens with one attached hydrogen (secondary N) is 1. The molecule has 1 N–H and O–H groups in total. The highest BCUT2D eigenvalue weighted by atomic mass is 32.2. The minimum Gasteiger partial charge on any atom is -0.274 e. The maximum Gasteiger partial charge on any atom is 0.287 e. The number of nitrogens with zero attached hydrogens (tertiary/aromatic N) is 2. The van der Waals surface area contributed by atoms with Crippen LogP contribution in [0, 0.1) is 0 Å². The molecule has 7 nitrogen and oxygen atoms in total. The molecule has 0 bridgehead atoms. The number of hydrogen-bond donors (Lipinski definition) is 1. The highest BCUT2D eigenvalue weighted by Crippen LogP contribution is 2.23. The normalized spacial score (nSPS) is 11.2. The number of benzene rings is 1. The van der Waals surface area contributed by atoms with Gasteiger partial charge in [0, 0.05) is 12.5 Å². The zero-order valence-corrected chi connectivity index (χ0v) is 10.1. The molecule has 18 heavy (non-hydrogen) atoms. The first kappa shape index (κ1) is 12.2. The summed E-state index contributed by atoms with van der Waals surface area (Å²) in [4.78, 5) is 10.8. The van der Waals surface area contributed by atoms with Gasteiger partial charge >= 0.3 is 0 Å². The third kappa shape index (κ3) is 2.38. The van der Waals surface area contributed by atoms with E-state index in [0.717, 1.165) is 6.92 Å². The van der Waals surface area contributed by atoms with Gasteiger partial charge in [-0.2, -0.15) is 8.42 Å². The van der Waals surface area contributed by atoms with Crippen LogP contribution in [-0.2, 0) is 14.8 Å². The summed E-state index contributed by atoms with van der Waals surface area (Å²) in [6.07, 6.45) is 0. The highest BCUT2D eigenvalue weighted by Gasteiger charge is 2.26. The predicted octanol–water partition coefficient (Wildman–Crippen LogP) is 0.561. The van der Waals surface area contributed by atoms with E-state index in [4.69, 9.17) is 0 Å². The fourth-order valence-electron chi connectivity index (χ4n) is 1.37. The summed E-state index contributed by atoms with van der Waals surface area (Å²) in [5.74, 6) is -0.711. The molecule has 1 amide bonds. The van der Waals surface area contributed by atoms with Crippen LogP contribution in [0.25, 0.3) is 11.3 Å². The summed E-state index contributed by atoms with van der Waals surface area (Å²) in [6, 6.07) is 8.54. The molecule has 0 fully saturated rings. The van der Waals surface area contributed by atoms with E-state index in [2.05, 4.69) is 14.9 Å². The number of carbonyl (C=O) groups is 1.